The van der Waals surface area contributed by atoms with Crippen molar-refractivity contribution in [1.29, 1.82) is 0 Å². The molecule has 2 fully saturated rings. The van der Waals surface area contributed by atoms with Gasteiger partial charge in [-0.1, -0.05) is 29.3 Å². The highest BCUT2D eigenvalue weighted by Crippen LogP contribution is 2.31. The molecule has 0 spiro atoms. The molecule has 0 unspecified atom stereocenters. The van der Waals surface area contributed by atoms with Crippen LogP contribution < -0.4 is 5.32 Å². The van der Waals surface area contributed by atoms with Gasteiger partial charge in [0.2, 0.25) is 0 Å². The summed E-state index contributed by atoms with van der Waals surface area (Å²) in [5.74, 6) is 1.45. The van der Waals surface area contributed by atoms with Crippen LogP contribution >= 0.6 is 34.5 Å². The van der Waals surface area contributed by atoms with Gasteiger partial charge in [0.1, 0.15) is 10.7 Å². The molecular formula is C18H19Cl2N3OS. The average Bonchev–Trinajstić information content (AvgIpc) is 3.23. The maximum absolute atomic E-state index is 12.8. The largest absolute Gasteiger partial charge is 0.337 e. The average molecular weight is 396 g/mol. The van der Waals surface area contributed by atoms with Gasteiger partial charge < -0.3 is 10.2 Å². The Bertz CT molecular complexity index is 780. The molecule has 0 bridgehead atoms. The molecule has 3 heterocycles. The van der Waals surface area contributed by atoms with Crippen LogP contribution in [0.25, 0.3) is 10.6 Å². The Hall–Kier alpha value is -1.14. The van der Waals surface area contributed by atoms with Gasteiger partial charge in [-0.3, -0.25) is 4.79 Å². The third kappa shape index (κ3) is 3.56. The molecule has 1 aromatic carbocycles. The van der Waals surface area contributed by atoms with Crippen molar-refractivity contribution in [3.8, 4) is 10.6 Å². The lowest BCUT2D eigenvalue weighted by molar-refractivity contribution is 0.0753. The van der Waals surface area contributed by atoms with E-state index >= 15 is 0 Å². The maximum Gasteiger partial charge on any atom is 0.273 e. The van der Waals surface area contributed by atoms with Crippen molar-refractivity contribution in [3.05, 3.63) is 39.3 Å². The summed E-state index contributed by atoms with van der Waals surface area (Å²) in [6.45, 7) is 3.82. The second-order valence-electron chi connectivity index (χ2n) is 6.71. The molecule has 1 aromatic heterocycles. The van der Waals surface area contributed by atoms with Crippen LogP contribution in [0.15, 0.2) is 23.6 Å². The highest BCUT2D eigenvalue weighted by molar-refractivity contribution is 7.13. The Kier molecular flexibility index (Phi) is 5.00. The molecular weight excluding hydrogens is 377 g/mol. The zero-order chi connectivity index (χ0) is 17.4. The van der Waals surface area contributed by atoms with Crippen molar-refractivity contribution >= 4 is 40.4 Å². The van der Waals surface area contributed by atoms with Crippen LogP contribution in [0.1, 0.15) is 23.3 Å². The standard InChI is InChI=1S/C18H19Cl2N3OS/c19-14-2-1-11(7-15(14)20)17-22-16(10-25-17)18(24)23-5-3-12-8-21-9-13(12)4-6-23/h1-2,7,10,12-13,21H,3-6,8-9H2/t12-,13+. The van der Waals surface area contributed by atoms with Crippen molar-refractivity contribution in [2.75, 3.05) is 26.2 Å². The number of nitrogens with one attached hydrogen (secondary N) is 1. The Balaban J connectivity index is 1.49. The molecule has 2 aliphatic heterocycles. The van der Waals surface area contributed by atoms with Gasteiger partial charge in [-0.15, -0.1) is 11.3 Å². The molecule has 0 saturated carbocycles. The minimum Gasteiger partial charge on any atom is -0.337 e. The number of hydrogen-bond acceptors (Lipinski definition) is 4. The number of thiazole rings is 1. The molecule has 0 radical (unpaired) electrons. The quantitative estimate of drug-likeness (QED) is 0.828. The summed E-state index contributed by atoms with van der Waals surface area (Å²) in [6.07, 6.45) is 2.15. The summed E-state index contributed by atoms with van der Waals surface area (Å²) in [4.78, 5) is 19.4. The van der Waals surface area contributed by atoms with Gasteiger partial charge in [0.05, 0.1) is 10.0 Å². The number of amides is 1. The van der Waals surface area contributed by atoms with Crippen LogP contribution in [0.3, 0.4) is 0 Å². The van der Waals surface area contributed by atoms with E-state index in [1.807, 2.05) is 16.3 Å². The summed E-state index contributed by atoms with van der Waals surface area (Å²) >= 11 is 13.5. The van der Waals surface area contributed by atoms with E-state index in [-0.39, 0.29) is 5.91 Å². The van der Waals surface area contributed by atoms with Crippen LogP contribution in [0.5, 0.6) is 0 Å². The minimum absolute atomic E-state index is 0.0375. The highest BCUT2D eigenvalue weighted by atomic mass is 35.5. The smallest absolute Gasteiger partial charge is 0.273 e. The number of carbonyl (C=O) groups excluding carboxylic acids is 1. The predicted molar refractivity (Wildman–Crippen MR) is 103 cm³/mol. The van der Waals surface area contributed by atoms with E-state index in [9.17, 15) is 4.79 Å². The molecule has 4 nitrogen and oxygen atoms in total. The Morgan fingerprint density at radius 2 is 1.88 bits per heavy atom. The van der Waals surface area contributed by atoms with E-state index in [0.29, 0.717) is 27.6 Å². The number of benzene rings is 1. The molecule has 7 heteroatoms. The number of likely N-dealkylation sites (tertiary alicyclic amines) is 1. The summed E-state index contributed by atoms with van der Waals surface area (Å²) < 4.78 is 0. The van der Waals surface area contributed by atoms with Crippen molar-refractivity contribution in [1.82, 2.24) is 15.2 Å². The maximum atomic E-state index is 12.8. The van der Waals surface area contributed by atoms with Crippen molar-refractivity contribution in [2.24, 2.45) is 11.8 Å². The second kappa shape index (κ2) is 7.23. The summed E-state index contributed by atoms with van der Waals surface area (Å²) in [5, 5.41) is 7.11. The predicted octanol–water partition coefficient (Wildman–Crippen LogP) is 4.19. The lowest BCUT2D eigenvalue weighted by Gasteiger charge is -2.19. The number of fused-ring (bicyclic) bond motifs is 1. The number of aromatic nitrogens is 1. The SMILES string of the molecule is O=C(c1csc(-c2ccc(Cl)c(Cl)c2)n1)N1CC[C@@H]2CNC[C@@H]2CC1. The molecule has 4 rings (SSSR count). The number of halogens is 2. The zero-order valence-corrected chi connectivity index (χ0v) is 16.0. The fourth-order valence-corrected chi connectivity index (χ4v) is 4.81. The molecule has 2 aliphatic rings. The summed E-state index contributed by atoms with van der Waals surface area (Å²) in [7, 11) is 0. The van der Waals surface area contributed by atoms with Gasteiger partial charge in [-0.25, -0.2) is 4.98 Å². The summed E-state index contributed by atoms with van der Waals surface area (Å²) in [6, 6.07) is 5.42. The molecule has 2 saturated heterocycles. The zero-order valence-electron chi connectivity index (χ0n) is 13.7. The molecule has 0 aliphatic carbocycles. The van der Waals surface area contributed by atoms with Crippen LogP contribution in [-0.4, -0.2) is 42.0 Å². The Labute approximate surface area is 161 Å². The fourth-order valence-electron chi connectivity index (χ4n) is 3.72. The first kappa shape index (κ1) is 17.3. The Morgan fingerprint density at radius 1 is 1.16 bits per heavy atom. The third-order valence-electron chi connectivity index (χ3n) is 5.20. The molecule has 1 N–H and O–H groups in total. The first-order valence-corrected chi connectivity index (χ1v) is 10.2. The number of rotatable bonds is 2. The minimum atomic E-state index is 0.0375. The molecule has 25 heavy (non-hydrogen) atoms. The number of carbonyl (C=O) groups is 1. The van der Waals surface area contributed by atoms with Crippen LogP contribution in [0.4, 0.5) is 0 Å². The first-order chi connectivity index (χ1) is 12.1. The van der Waals surface area contributed by atoms with E-state index in [2.05, 4.69) is 10.3 Å². The van der Waals surface area contributed by atoms with Crippen molar-refractivity contribution in [2.45, 2.75) is 12.8 Å². The monoisotopic (exact) mass is 395 g/mol. The normalized spacial score (nSPS) is 23.4. The van der Waals surface area contributed by atoms with E-state index in [4.69, 9.17) is 23.2 Å². The van der Waals surface area contributed by atoms with Crippen molar-refractivity contribution < 1.29 is 4.79 Å². The molecule has 132 valence electrons. The lowest BCUT2D eigenvalue weighted by Crippen LogP contribution is -2.33. The van der Waals surface area contributed by atoms with Crippen LogP contribution in [0.2, 0.25) is 10.0 Å². The van der Waals surface area contributed by atoms with Gasteiger partial charge in [0.25, 0.3) is 5.91 Å². The van der Waals surface area contributed by atoms with Gasteiger partial charge in [0.15, 0.2) is 0 Å². The van der Waals surface area contributed by atoms with Gasteiger partial charge in [-0.05, 0) is 49.9 Å². The van der Waals surface area contributed by atoms with Gasteiger partial charge in [0, 0.05) is 24.0 Å². The van der Waals surface area contributed by atoms with E-state index in [0.717, 1.165) is 49.6 Å². The fraction of sp³-hybridized carbons (Fsp3) is 0.444. The topological polar surface area (TPSA) is 45.2 Å². The van der Waals surface area contributed by atoms with E-state index in [1.165, 1.54) is 11.3 Å². The third-order valence-corrected chi connectivity index (χ3v) is 6.83. The first-order valence-electron chi connectivity index (χ1n) is 8.53. The van der Waals surface area contributed by atoms with Crippen LogP contribution in [0, 0.1) is 11.8 Å². The molecule has 2 atom stereocenters. The van der Waals surface area contributed by atoms with Crippen molar-refractivity contribution in [3.63, 3.8) is 0 Å². The number of hydrogen-bond donors (Lipinski definition) is 1. The molecule has 1 amide bonds. The van der Waals surface area contributed by atoms with Gasteiger partial charge >= 0.3 is 0 Å². The number of nitrogens with zero attached hydrogens (tertiary/aromatic N) is 2. The lowest BCUT2D eigenvalue weighted by atomic mass is 9.92. The highest BCUT2D eigenvalue weighted by Gasteiger charge is 2.32. The second-order valence-corrected chi connectivity index (χ2v) is 8.39. The van der Waals surface area contributed by atoms with E-state index in [1.54, 1.807) is 12.1 Å². The van der Waals surface area contributed by atoms with E-state index < -0.39 is 0 Å². The Morgan fingerprint density at radius 3 is 2.56 bits per heavy atom. The molecule has 2 aromatic rings. The van der Waals surface area contributed by atoms with Gasteiger partial charge in [-0.2, -0.15) is 0 Å². The van der Waals surface area contributed by atoms with Crippen LogP contribution in [-0.2, 0) is 0 Å². The summed E-state index contributed by atoms with van der Waals surface area (Å²) in [5.41, 5.74) is 1.41.